The van der Waals surface area contributed by atoms with Crippen molar-refractivity contribution in [2.45, 2.75) is 45.4 Å². The maximum atomic E-state index is 12.6. The molecule has 1 N–H and O–H groups in total. The number of halogens is 1. The molecule has 36 heavy (non-hydrogen) atoms. The van der Waals surface area contributed by atoms with Crippen molar-refractivity contribution in [1.82, 2.24) is 5.32 Å². The molecule has 1 amide bonds. The molecule has 0 spiro atoms. The smallest absolute Gasteiger partial charge is 0.241 e. The van der Waals surface area contributed by atoms with Gasteiger partial charge >= 0.3 is 0 Å². The molecule has 5 nitrogen and oxygen atoms in total. The number of hydrogen-bond acceptors (Lipinski definition) is 4. The standard InChI is InChI=1S/C30H31ClN2O3/c1-5-35-27-17-21(10-12-26(27)36-19-22-7-6-8-23(31)16-22)13-14-30-29(3,4)24-15-20(2)9-11-25(24)33(30)18-28(34)32-30/h6-17H,5,18-19H2,1-4H3,(H,32,34). The minimum Gasteiger partial charge on any atom is -0.490 e. The van der Waals surface area contributed by atoms with Crippen molar-refractivity contribution >= 4 is 29.3 Å². The average molecular weight is 503 g/mol. The van der Waals surface area contributed by atoms with Crippen molar-refractivity contribution in [3.8, 4) is 11.5 Å². The molecule has 0 bridgehead atoms. The Balaban J connectivity index is 1.44. The molecule has 0 aliphatic carbocycles. The van der Waals surface area contributed by atoms with Gasteiger partial charge in [-0.1, -0.05) is 67.4 Å². The summed E-state index contributed by atoms with van der Waals surface area (Å²) < 4.78 is 12.0. The first-order valence-corrected chi connectivity index (χ1v) is 12.6. The Hall–Kier alpha value is -3.44. The molecule has 186 valence electrons. The highest BCUT2D eigenvalue weighted by Crippen LogP contribution is 2.53. The fourth-order valence-corrected chi connectivity index (χ4v) is 5.52. The Morgan fingerprint density at radius 1 is 1.06 bits per heavy atom. The lowest BCUT2D eigenvalue weighted by atomic mass is 9.75. The number of nitrogens with zero attached hydrogens (tertiary/aromatic N) is 1. The van der Waals surface area contributed by atoms with Gasteiger partial charge in [-0.15, -0.1) is 0 Å². The monoisotopic (exact) mass is 502 g/mol. The summed E-state index contributed by atoms with van der Waals surface area (Å²) in [5.74, 6) is 1.38. The number of nitrogens with one attached hydrogen (secondary N) is 1. The van der Waals surface area contributed by atoms with Gasteiger partial charge < -0.3 is 19.7 Å². The fourth-order valence-electron chi connectivity index (χ4n) is 5.31. The number of benzene rings is 3. The largest absolute Gasteiger partial charge is 0.490 e. The van der Waals surface area contributed by atoms with Crippen LogP contribution in [-0.2, 0) is 16.8 Å². The van der Waals surface area contributed by atoms with Crippen LogP contribution in [0.5, 0.6) is 11.5 Å². The number of rotatable bonds is 7. The molecule has 0 saturated carbocycles. The van der Waals surface area contributed by atoms with Gasteiger partial charge in [0.05, 0.1) is 13.2 Å². The van der Waals surface area contributed by atoms with E-state index in [4.69, 9.17) is 21.1 Å². The SMILES string of the molecule is CCOc1cc(C=CC23NC(=O)CN2c2ccc(C)cc2C3(C)C)ccc1OCc1cccc(Cl)c1. The zero-order valence-corrected chi connectivity index (χ0v) is 21.9. The molecule has 3 aromatic rings. The van der Waals surface area contributed by atoms with Gasteiger partial charge in [0.15, 0.2) is 11.5 Å². The highest BCUT2D eigenvalue weighted by Gasteiger charge is 2.59. The molecule has 0 aromatic heterocycles. The van der Waals surface area contributed by atoms with Gasteiger partial charge in [0, 0.05) is 16.1 Å². The van der Waals surface area contributed by atoms with E-state index in [1.165, 1.54) is 11.1 Å². The average Bonchev–Trinajstić information content (AvgIpc) is 3.27. The second kappa shape index (κ2) is 9.21. The topological polar surface area (TPSA) is 50.8 Å². The van der Waals surface area contributed by atoms with Crippen molar-refractivity contribution in [2.24, 2.45) is 0 Å². The predicted octanol–water partition coefficient (Wildman–Crippen LogP) is 6.26. The summed E-state index contributed by atoms with van der Waals surface area (Å²) >= 11 is 6.10. The van der Waals surface area contributed by atoms with Gasteiger partial charge in [-0.3, -0.25) is 4.79 Å². The summed E-state index contributed by atoms with van der Waals surface area (Å²) in [6.07, 6.45) is 4.17. The maximum absolute atomic E-state index is 12.6. The molecule has 6 heteroatoms. The second-order valence-electron chi connectivity index (χ2n) is 9.94. The van der Waals surface area contributed by atoms with Gasteiger partial charge in [-0.25, -0.2) is 0 Å². The Bertz CT molecular complexity index is 1350. The lowest BCUT2D eigenvalue weighted by Gasteiger charge is -2.40. The van der Waals surface area contributed by atoms with Crippen LogP contribution in [-0.4, -0.2) is 24.7 Å². The van der Waals surface area contributed by atoms with E-state index in [0.717, 1.165) is 16.8 Å². The van der Waals surface area contributed by atoms with E-state index in [1.54, 1.807) is 0 Å². The van der Waals surface area contributed by atoms with Crippen LogP contribution in [0.1, 0.15) is 43.0 Å². The number of aryl methyl sites for hydroxylation is 1. The Kier molecular flexibility index (Phi) is 6.21. The van der Waals surface area contributed by atoms with Crippen molar-refractivity contribution < 1.29 is 14.3 Å². The third-order valence-corrected chi connectivity index (χ3v) is 7.43. The van der Waals surface area contributed by atoms with Crippen LogP contribution in [0, 0.1) is 6.92 Å². The number of carbonyl (C=O) groups is 1. The molecule has 2 aliphatic rings. The first-order valence-electron chi connectivity index (χ1n) is 12.3. The number of fused-ring (bicyclic) bond motifs is 3. The molecule has 1 saturated heterocycles. The first kappa shape index (κ1) is 24.3. The molecule has 0 radical (unpaired) electrons. The third-order valence-electron chi connectivity index (χ3n) is 7.19. The number of anilines is 1. The van der Waals surface area contributed by atoms with Crippen LogP contribution in [0.25, 0.3) is 6.08 Å². The normalized spacial score (nSPS) is 19.8. The lowest BCUT2D eigenvalue weighted by molar-refractivity contribution is -0.118. The highest BCUT2D eigenvalue weighted by atomic mass is 35.5. The van der Waals surface area contributed by atoms with Crippen LogP contribution in [0.15, 0.2) is 66.7 Å². The zero-order chi connectivity index (χ0) is 25.5. The summed E-state index contributed by atoms with van der Waals surface area (Å²) in [6.45, 7) is 9.70. The van der Waals surface area contributed by atoms with E-state index in [2.05, 4.69) is 61.3 Å². The molecule has 1 atom stereocenters. The summed E-state index contributed by atoms with van der Waals surface area (Å²) in [6, 6.07) is 20.0. The minimum absolute atomic E-state index is 0.0266. The Morgan fingerprint density at radius 3 is 2.67 bits per heavy atom. The van der Waals surface area contributed by atoms with Gasteiger partial charge in [-0.2, -0.15) is 0 Å². The van der Waals surface area contributed by atoms with Crippen LogP contribution < -0.4 is 19.7 Å². The van der Waals surface area contributed by atoms with Crippen molar-refractivity contribution in [1.29, 1.82) is 0 Å². The first-order chi connectivity index (χ1) is 17.2. The van der Waals surface area contributed by atoms with E-state index in [0.29, 0.717) is 36.3 Å². The van der Waals surface area contributed by atoms with Gasteiger partial charge in [0.25, 0.3) is 0 Å². The van der Waals surface area contributed by atoms with E-state index in [1.807, 2.05) is 49.4 Å². The zero-order valence-electron chi connectivity index (χ0n) is 21.1. The molecular weight excluding hydrogens is 472 g/mol. The third kappa shape index (κ3) is 4.11. The maximum Gasteiger partial charge on any atom is 0.241 e. The van der Waals surface area contributed by atoms with Crippen molar-refractivity contribution in [3.63, 3.8) is 0 Å². The van der Waals surface area contributed by atoms with Crippen molar-refractivity contribution in [2.75, 3.05) is 18.1 Å². The van der Waals surface area contributed by atoms with Crippen molar-refractivity contribution in [3.05, 3.63) is 94.0 Å². The Morgan fingerprint density at radius 2 is 1.89 bits per heavy atom. The number of carbonyl (C=O) groups excluding carboxylic acids is 1. The molecule has 2 aliphatic heterocycles. The second-order valence-corrected chi connectivity index (χ2v) is 10.4. The molecule has 3 aromatic carbocycles. The molecule has 1 unspecified atom stereocenters. The van der Waals surface area contributed by atoms with Gasteiger partial charge in [0.2, 0.25) is 5.91 Å². The van der Waals surface area contributed by atoms with Crippen LogP contribution in [0.2, 0.25) is 5.02 Å². The predicted molar refractivity (Wildman–Crippen MR) is 145 cm³/mol. The number of ether oxygens (including phenoxy) is 2. The quantitative estimate of drug-likeness (QED) is 0.414. The molecule has 5 rings (SSSR count). The van der Waals surface area contributed by atoms with Crippen LogP contribution >= 0.6 is 11.6 Å². The number of amides is 1. The van der Waals surface area contributed by atoms with Gasteiger partial charge in [0.1, 0.15) is 12.3 Å². The van der Waals surface area contributed by atoms with E-state index < -0.39 is 5.66 Å². The minimum atomic E-state index is -0.645. The summed E-state index contributed by atoms with van der Waals surface area (Å²) in [5.41, 5.74) is 4.55. The van der Waals surface area contributed by atoms with E-state index in [9.17, 15) is 4.79 Å². The molecule has 2 heterocycles. The van der Waals surface area contributed by atoms with Gasteiger partial charge in [-0.05, 0) is 66.9 Å². The summed E-state index contributed by atoms with van der Waals surface area (Å²) in [7, 11) is 0. The molecular formula is C30H31ClN2O3. The van der Waals surface area contributed by atoms with Crippen LogP contribution in [0.4, 0.5) is 5.69 Å². The van der Waals surface area contributed by atoms with E-state index >= 15 is 0 Å². The lowest BCUT2D eigenvalue weighted by Crippen LogP contribution is -2.58. The number of hydrogen-bond donors (Lipinski definition) is 1. The summed E-state index contributed by atoms with van der Waals surface area (Å²) in [5, 5.41) is 3.97. The summed E-state index contributed by atoms with van der Waals surface area (Å²) in [4.78, 5) is 14.8. The van der Waals surface area contributed by atoms with E-state index in [-0.39, 0.29) is 11.3 Å². The fraction of sp³-hybridized carbons (Fsp3) is 0.300. The van der Waals surface area contributed by atoms with Crippen LogP contribution in [0.3, 0.4) is 0 Å². The highest BCUT2D eigenvalue weighted by molar-refractivity contribution is 6.30. The molecule has 1 fully saturated rings. The Labute approximate surface area is 217 Å².